The summed E-state index contributed by atoms with van der Waals surface area (Å²) in [6.07, 6.45) is 7.40. The van der Waals surface area contributed by atoms with Gasteiger partial charge in [0.1, 0.15) is 0 Å². The molecule has 0 unspecified atom stereocenters. The molecule has 1 aliphatic carbocycles. The van der Waals surface area contributed by atoms with Crippen molar-refractivity contribution in [2.24, 2.45) is 0 Å². The molecule has 0 saturated heterocycles. The second-order valence-electron chi connectivity index (χ2n) is 13.0. The first-order chi connectivity index (χ1) is 26.0. The standard InChI is InChI=1S/C38H26N2.C11H10N2/c39-37-24-31(25-15-17-28(18-16-25)34-13-5-9-26-7-1-3-11-32(26)34)23-36(38(37)40)30-21-19-29(20-22-30)35-14-6-10-27-8-2-4-12-33(27)35;12-11-3-1-9(2-4-11)10-5-7-13-8-6-10/h1-24,39-40H;1-8H,12H2. The normalized spacial score (nSPS) is 12.5. The van der Waals surface area contributed by atoms with E-state index in [1.807, 2.05) is 42.5 Å². The summed E-state index contributed by atoms with van der Waals surface area (Å²) in [6.45, 7) is 0. The molecule has 4 heteroatoms. The SMILES string of the molecule is N=C1C=C(c2ccc(-c3cccc4ccccc34)cc2)C=C(c2ccc(-c3cccc4ccccc34)cc2)C1=N.Nc1ccc(-c2ccncc2)cc1. The Labute approximate surface area is 309 Å². The lowest BCUT2D eigenvalue weighted by molar-refractivity contribution is 1.33. The molecule has 252 valence electrons. The smallest absolute Gasteiger partial charge is 0.0867 e. The Morgan fingerprint density at radius 3 is 1.42 bits per heavy atom. The maximum atomic E-state index is 8.65. The van der Waals surface area contributed by atoms with E-state index in [1.165, 1.54) is 32.7 Å². The molecular formula is C49H36N4. The molecule has 1 aliphatic rings. The lowest BCUT2D eigenvalue weighted by Crippen LogP contribution is -2.15. The summed E-state index contributed by atoms with van der Waals surface area (Å²) in [5, 5.41) is 22.1. The maximum absolute atomic E-state index is 8.65. The van der Waals surface area contributed by atoms with Crippen LogP contribution >= 0.6 is 0 Å². The summed E-state index contributed by atoms with van der Waals surface area (Å²) in [4.78, 5) is 3.96. The van der Waals surface area contributed by atoms with Crippen molar-refractivity contribution in [3.05, 3.63) is 206 Å². The van der Waals surface area contributed by atoms with Gasteiger partial charge in [-0.2, -0.15) is 0 Å². The van der Waals surface area contributed by atoms with Gasteiger partial charge in [-0.05, 0) is 108 Å². The van der Waals surface area contributed by atoms with Crippen molar-refractivity contribution in [1.82, 2.24) is 4.98 Å². The topological polar surface area (TPSA) is 86.6 Å². The van der Waals surface area contributed by atoms with Crippen LogP contribution in [0.4, 0.5) is 5.69 Å². The quantitative estimate of drug-likeness (QED) is 0.125. The average molecular weight is 681 g/mol. The third-order valence-corrected chi connectivity index (χ3v) is 9.68. The van der Waals surface area contributed by atoms with E-state index < -0.39 is 0 Å². The Morgan fingerprint density at radius 2 is 0.849 bits per heavy atom. The molecule has 0 bridgehead atoms. The predicted molar refractivity (Wildman–Crippen MR) is 224 cm³/mol. The van der Waals surface area contributed by atoms with Gasteiger partial charge < -0.3 is 5.73 Å². The molecular weight excluding hydrogens is 645 g/mol. The Kier molecular flexibility index (Phi) is 9.08. The molecule has 0 atom stereocenters. The highest BCUT2D eigenvalue weighted by Crippen LogP contribution is 2.34. The molecule has 4 N–H and O–H groups in total. The number of aromatic nitrogens is 1. The van der Waals surface area contributed by atoms with E-state index in [4.69, 9.17) is 16.6 Å². The molecule has 0 radical (unpaired) electrons. The number of hydrogen-bond acceptors (Lipinski definition) is 4. The Bertz CT molecular complexity index is 2660. The van der Waals surface area contributed by atoms with Crippen molar-refractivity contribution in [3.8, 4) is 33.4 Å². The average Bonchev–Trinajstić information content (AvgIpc) is 3.22. The second kappa shape index (κ2) is 14.6. The number of fused-ring (bicyclic) bond motifs is 2. The van der Waals surface area contributed by atoms with Crippen molar-refractivity contribution in [3.63, 3.8) is 0 Å². The number of allylic oxidation sites excluding steroid dienone is 4. The molecule has 0 aliphatic heterocycles. The van der Waals surface area contributed by atoms with Crippen LogP contribution in [0.1, 0.15) is 11.1 Å². The molecule has 8 aromatic rings. The van der Waals surface area contributed by atoms with Crippen LogP contribution in [0.25, 0.3) is 66.1 Å². The fourth-order valence-corrected chi connectivity index (χ4v) is 6.88. The van der Waals surface area contributed by atoms with Crippen molar-refractivity contribution < 1.29 is 0 Å². The highest BCUT2D eigenvalue weighted by Gasteiger charge is 2.19. The van der Waals surface area contributed by atoms with Crippen LogP contribution in [-0.2, 0) is 0 Å². The maximum Gasteiger partial charge on any atom is 0.0867 e. The fourth-order valence-electron chi connectivity index (χ4n) is 6.88. The lowest BCUT2D eigenvalue weighted by Gasteiger charge is -2.17. The van der Waals surface area contributed by atoms with E-state index in [9.17, 15) is 0 Å². The third-order valence-electron chi connectivity index (χ3n) is 9.68. The van der Waals surface area contributed by atoms with Crippen LogP contribution in [0.15, 0.2) is 194 Å². The minimum atomic E-state index is 0.226. The summed E-state index contributed by atoms with van der Waals surface area (Å²) in [5.41, 5.74) is 17.6. The van der Waals surface area contributed by atoms with E-state index in [2.05, 4.69) is 138 Å². The van der Waals surface area contributed by atoms with Gasteiger partial charge in [0.15, 0.2) is 0 Å². The first-order valence-corrected chi connectivity index (χ1v) is 17.6. The van der Waals surface area contributed by atoms with E-state index >= 15 is 0 Å². The van der Waals surface area contributed by atoms with Gasteiger partial charge in [-0.25, -0.2) is 0 Å². The van der Waals surface area contributed by atoms with Gasteiger partial charge in [0.25, 0.3) is 0 Å². The van der Waals surface area contributed by atoms with Gasteiger partial charge in [-0.15, -0.1) is 0 Å². The Morgan fingerprint density at radius 1 is 0.396 bits per heavy atom. The summed E-state index contributed by atoms with van der Waals surface area (Å²) >= 11 is 0. The number of nitrogen functional groups attached to an aromatic ring is 1. The molecule has 7 aromatic carbocycles. The number of nitrogens with one attached hydrogen (secondary N) is 2. The van der Waals surface area contributed by atoms with E-state index in [-0.39, 0.29) is 11.4 Å². The molecule has 1 aromatic heterocycles. The zero-order chi connectivity index (χ0) is 36.1. The molecule has 0 fully saturated rings. The number of nitrogens with two attached hydrogens (primary N) is 1. The molecule has 0 spiro atoms. The van der Waals surface area contributed by atoms with E-state index in [0.717, 1.165) is 50.2 Å². The van der Waals surface area contributed by atoms with Crippen molar-refractivity contribution >= 4 is 49.8 Å². The third kappa shape index (κ3) is 6.94. The minimum absolute atomic E-state index is 0.226. The number of pyridine rings is 1. The summed E-state index contributed by atoms with van der Waals surface area (Å²) < 4.78 is 0. The minimum Gasteiger partial charge on any atom is -0.399 e. The molecule has 0 amide bonds. The molecule has 9 rings (SSSR count). The highest BCUT2D eigenvalue weighted by molar-refractivity contribution is 6.61. The van der Waals surface area contributed by atoms with E-state index in [1.54, 1.807) is 18.5 Å². The highest BCUT2D eigenvalue weighted by atomic mass is 14.6. The van der Waals surface area contributed by atoms with Crippen LogP contribution in [0.3, 0.4) is 0 Å². The van der Waals surface area contributed by atoms with Crippen LogP contribution < -0.4 is 5.73 Å². The van der Waals surface area contributed by atoms with Gasteiger partial charge in [-0.1, -0.05) is 146 Å². The number of nitrogens with zero attached hydrogens (tertiary/aromatic N) is 1. The Balaban J connectivity index is 0.000000259. The van der Waals surface area contributed by atoms with Gasteiger partial charge in [-0.3, -0.25) is 15.8 Å². The number of hydrogen-bond donors (Lipinski definition) is 3. The van der Waals surface area contributed by atoms with Crippen LogP contribution in [0, 0.1) is 10.8 Å². The van der Waals surface area contributed by atoms with Crippen LogP contribution in [-0.4, -0.2) is 16.4 Å². The summed E-state index contributed by atoms with van der Waals surface area (Å²) in [7, 11) is 0. The summed E-state index contributed by atoms with van der Waals surface area (Å²) in [5.74, 6) is 0. The van der Waals surface area contributed by atoms with Crippen LogP contribution in [0.2, 0.25) is 0 Å². The van der Waals surface area contributed by atoms with Crippen molar-refractivity contribution in [1.29, 1.82) is 10.8 Å². The number of rotatable bonds is 5. The van der Waals surface area contributed by atoms with Gasteiger partial charge in [0, 0.05) is 23.7 Å². The Hall–Kier alpha value is -7.17. The molecule has 0 saturated carbocycles. The molecule has 4 nitrogen and oxygen atoms in total. The number of benzene rings is 7. The van der Waals surface area contributed by atoms with E-state index in [0.29, 0.717) is 0 Å². The zero-order valence-corrected chi connectivity index (χ0v) is 29.0. The monoisotopic (exact) mass is 680 g/mol. The molecule has 53 heavy (non-hydrogen) atoms. The molecule has 1 heterocycles. The largest absolute Gasteiger partial charge is 0.399 e. The van der Waals surface area contributed by atoms with Crippen molar-refractivity contribution in [2.45, 2.75) is 0 Å². The second-order valence-corrected chi connectivity index (χ2v) is 13.0. The first-order valence-electron chi connectivity index (χ1n) is 17.6. The van der Waals surface area contributed by atoms with Crippen LogP contribution in [0.5, 0.6) is 0 Å². The van der Waals surface area contributed by atoms with Gasteiger partial charge in [0.2, 0.25) is 0 Å². The summed E-state index contributed by atoms with van der Waals surface area (Å²) in [6, 6.07) is 58.3. The van der Waals surface area contributed by atoms with Crippen molar-refractivity contribution in [2.75, 3.05) is 5.73 Å². The number of anilines is 1. The fraction of sp³-hybridized carbons (Fsp3) is 0. The van der Waals surface area contributed by atoms with Gasteiger partial charge in [0.05, 0.1) is 11.4 Å². The zero-order valence-electron chi connectivity index (χ0n) is 29.0. The predicted octanol–water partition coefficient (Wildman–Crippen LogP) is 12.2. The lowest BCUT2D eigenvalue weighted by atomic mass is 9.87. The van der Waals surface area contributed by atoms with Gasteiger partial charge >= 0.3 is 0 Å². The first kappa shape index (κ1) is 33.0.